The van der Waals surface area contributed by atoms with Crippen LogP contribution in [0.1, 0.15) is 26.2 Å². The third-order valence-corrected chi connectivity index (χ3v) is 4.66. The molecule has 1 aliphatic carbocycles. The Bertz CT molecular complexity index is 483. The smallest absolute Gasteiger partial charge is 0.334 e. The van der Waals surface area contributed by atoms with E-state index in [0.29, 0.717) is 12.0 Å². The highest BCUT2D eigenvalue weighted by molar-refractivity contribution is 5.91. The third-order valence-electron chi connectivity index (χ3n) is 4.66. The van der Waals surface area contributed by atoms with Gasteiger partial charge in [-0.2, -0.15) is 0 Å². The SMILES string of the molecule is C=C1C(=O)O[C@H]2[C@H]1[C@H](O)C/C(CO)=C/CC[C@@]1(C)O[C@H]21. The number of epoxide rings is 1. The molecule has 3 aliphatic rings. The van der Waals surface area contributed by atoms with Gasteiger partial charge in [-0.1, -0.05) is 12.7 Å². The minimum Gasteiger partial charge on any atom is -0.455 e. The van der Waals surface area contributed by atoms with E-state index < -0.39 is 24.1 Å². The zero-order valence-electron chi connectivity index (χ0n) is 11.5. The second-order valence-electron chi connectivity index (χ2n) is 6.10. The van der Waals surface area contributed by atoms with Crippen molar-refractivity contribution in [2.75, 3.05) is 6.61 Å². The number of aliphatic hydroxyl groups is 2. The van der Waals surface area contributed by atoms with Gasteiger partial charge in [0.05, 0.1) is 24.2 Å². The van der Waals surface area contributed by atoms with E-state index in [0.717, 1.165) is 18.4 Å². The predicted molar refractivity (Wildman–Crippen MR) is 70.8 cm³/mol. The van der Waals surface area contributed by atoms with Crippen LogP contribution in [0.5, 0.6) is 0 Å². The molecule has 0 aromatic carbocycles. The van der Waals surface area contributed by atoms with Crippen molar-refractivity contribution < 1.29 is 24.5 Å². The van der Waals surface area contributed by atoms with Crippen molar-refractivity contribution in [3.05, 3.63) is 23.8 Å². The van der Waals surface area contributed by atoms with Gasteiger partial charge in [-0.05, 0) is 31.8 Å². The monoisotopic (exact) mass is 280 g/mol. The van der Waals surface area contributed by atoms with Crippen LogP contribution in [0.25, 0.3) is 0 Å². The van der Waals surface area contributed by atoms with E-state index in [1.54, 1.807) is 0 Å². The zero-order chi connectivity index (χ0) is 14.5. The van der Waals surface area contributed by atoms with Crippen LogP contribution in [0, 0.1) is 5.92 Å². The fourth-order valence-corrected chi connectivity index (χ4v) is 3.35. The molecule has 2 saturated heterocycles. The molecule has 5 atom stereocenters. The number of allylic oxidation sites excluding steroid dienone is 1. The second-order valence-corrected chi connectivity index (χ2v) is 6.10. The van der Waals surface area contributed by atoms with E-state index in [4.69, 9.17) is 9.47 Å². The first-order valence-corrected chi connectivity index (χ1v) is 7.00. The fourth-order valence-electron chi connectivity index (χ4n) is 3.35. The lowest BCUT2D eigenvalue weighted by Crippen LogP contribution is -2.36. The standard InChI is InChI=1S/C15H20O5/c1-8-11-10(17)6-9(7-16)4-3-5-15(2)13(20-15)12(11)19-14(8)18/h4,10-13,16-17H,1,3,5-7H2,2H3/b9-4-/t10-,11-,12+,13-,15-/m1/s1. The van der Waals surface area contributed by atoms with Crippen molar-refractivity contribution in [3.63, 3.8) is 0 Å². The summed E-state index contributed by atoms with van der Waals surface area (Å²) in [5.74, 6) is -0.909. The maximum absolute atomic E-state index is 11.7. The molecule has 0 spiro atoms. The summed E-state index contributed by atoms with van der Waals surface area (Å²) < 4.78 is 11.1. The van der Waals surface area contributed by atoms with E-state index >= 15 is 0 Å². The van der Waals surface area contributed by atoms with Crippen LogP contribution in [-0.4, -0.2) is 46.7 Å². The Hall–Kier alpha value is -1.17. The third kappa shape index (κ3) is 2.10. The minimum atomic E-state index is -0.788. The Morgan fingerprint density at radius 1 is 1.55 bits per heavy atom. The Labute approximate surface area is 117 Å². The van der Waals surface area contributed by atoms with Crippen LogP contribution in [0.3, 0.4) is 0 Å². The number of fused-ring (bicyclic) bond motifs is 3. The summed E-state index contributed by atoms with van der Waals surface area (Å²) in [6, 6.07) is 0. The summed E-state index contributed by atoms with van der Waals surface area (Å²) in [7, 11) is 0. The molecular formula is C15H20O5. The molecule has 3 rings (SSSR count). The van der Waals surface area contributed by atoms with Gasteiger partial charge in [0.15, 0.2) is 0 Å². The van der Waals surface area contributed by atoms with E-state index in [2.05, 4.69) is 6.58 Å². The van der Waals surface area contributed by atoms with Crippen molar-refractivity contribution in [2.24, 2.45) is 5.92 Å². The van der Waals surface area contributed by atoms with E-state index in [-0.39, 0.29) is 18.3 Å². The molecule has 0 aromatic rings. The van der Waals surface area contributed by atoms with E-state index in [1.165, 1.54) is 0 Å². The van der Waals surface area contributed by atoms with E-state index in [1.807, 2.05) is 13.0 Å². The number of hydrogen-bond acceptors (Lipinski definition) is 5. The average Bonchev–Trinajstić information content (AvgIpc) is 2.98. The Kier molecular flexibility index (Phi) is 3.23. The number of carbonyl (C=O) groups excluding carboxylic acids is 1. The molecule has 0 unspecified atom stereocenters. The molecular weight excluding hydrogens is 260 g/mol. The molecule has 2 fully saturated rings. The summed E-state index contributed by atoms with van der Waals surface area (Å²) in [6.07, 6.45) is 2.45. The molecule has 5 nitrogen and oxygen atoms in total. The highest BCUT2D eigenvalue weighted by Gasteiger charge is 2.62. The number of ether oxygens (including phenoxy) is 2. The summed E-state index contributed by atoms with van der Waals surface area (Å²) in [6.45, 7) is 5.65. The largest absolute Gasteiger partial charge is 0.455 e. The van der Waals surface area contributed by atoms with Gasteiger partial charge < -0.3 is 19.7 Å². The second kappa shape index (κ2) is 4.69. The molecule has 2 heterocycles. The first kappa shape index (κ1) is 13.8. The van der Waals surface area contributed by atoms with Crippen molar-refractivity contribution in [1.29, 1.82) is 0 Å². The van der Waals surface area contributed by atoms with Gasteiger partial charge in [-0.25, -0.2) is 4.79 Å². The number of carbonyl (C=O) groups is 1. The van der Waals surface area contributed by atoms with Gasteiger partial charge in [0.1, 0.15) is 12.2 Å². The van der Waals surface area contributed by atoms with Gasteiger partial charge >= 0.3 is 5.97 Å². The Morgan fingerprint density at radius 3 is 3.00 bits per heavy atom. The first-order valence-electron chi connectivity index (χ1n) is 7.00. The number of rotatable bonds is 1. The van der Waals surface area contributed by atoms with E-state index in [9.17, 15) is 15.0 Å². The number of hydrogen-bond donors (Lipinski definition) is 2. The van der Waals surface area contributed by atoms with Gasteiger partial charge in [-0.3, -0.25) is 0 Å². The maximum Gasteiger partial charge on any atom is 0.334 e. The van der Waals surface area contributed by atoms with Crippen LogP contribution >= 0.6 is 0 Å². The van der Waals surface area contributed by atoms with Crippen molar-refractivity contribution in [1.82, 2.24) is 0 Å². The van der Waals surface area contributed by atoms with Crippen molar-refractivity contribution >= 4 is 5.97 Å². The quantitative estimate of drug-likeness (QED) is 0.320. The molecule has 0 aromatic heterocycles. The molecule has 0 amide bonds. The highest BCUT2D eigenvalue weighted by Crippen LogP contribution is 2.49. The molecule has 5 heteroatoms. The summed E-state index contributed by atoms with van der Waals surface area (Å²) in [5.41, 5.74) is 0.770. The lowest BCUT2D eigenvalue weighted by atomic mass is 9.82. The molecule has 0 radical (unpaired) electrons. The summed E-state index contributed by atoms with van der Waals surface area (Å²) in [4.78, 5) is 11.7. The number of aliphatic hydroxyl groups excluding tert-OH is 2. The molecule has 0 bridgehead atoms. The van der Waals surface area contributed by atoms with Crippen LogP contribution in [0.15, 0.2) is 23.8 Å². The predicted octanol–water partition coefficient (Wildman–Crippen LogP) is 0.705. The Morgan fingerprint density at radius 2 is 2.30 bits per heavy atom. The van der Waals surface area contributed by atoms with Crippen LogP contribution in [0.2, 0.25) is 0 Å². The van der Waals surface area contributed by atoms with Gasteiger partial charge in [-0.15, -0.1) is 0 Å². The maximum atomic E-state index is 11.7. The molecule has 0 saturated carbocycles. The van der Waals surface area contributed by atoms with Gasteiger partial charge in [0.25, 0.3) is 0 Å². The minimum absolute atomic E-state index is 0.0866. The lowest BCUT2D eigenvalue weighted by molar-refractivity contribution is -0.140. The summed E-state index contributed by atoms with van der Waals surface area (Å²) >= 11 is 0. The zero-order valence-corrected chi connectivity index (χ0v) is 11.5. The van der Waals surface area contributed by atoms with Crippen LogP contribution in [0.4, 0.5) is 0 Å². The molecule has 2 aliphatic heterocycles. The van der Waals surface area contributed by atoms with Crippen LogP contribution < -0.4 is 0 Å². The topological polar surface area (TPSA) is 79.3 Å². The average molecular weight is 280 g/mol. The normalized spacial score (nSPS) is 46.9. The van der Waals surface area contributed by atoms with Crippen molar-refractivity contribution in [3.8, 4) is 0 Å². The summed E-state index contributed by atoms with van der Waals surface area (Å²) in [5, 5.41) is 19.8. The first-order chi connectivity index (χ1) is 9.46. The van der Waals surface area contributed by atoms with Gasteiger partial charge in [0.2, 0.25) is 0 Å². The lowest BCUT2D eigenvalue weighted by Gasteiger charge is -2.24. The molecule has 110 valence electrons. The fraction of sp³-hybridized carbons (Fsp3) is 0.667. The molecule has 2 N–H and O–H groups in total. The molecule has 20 heavy (non-hydrogen) atoms. The van der Waals surface area contributed by atoms with Crippen LogP contribution in [-0.2, 0) is 14.3 Å². The number of esters is 1. The highest BCUT2D eigenvalue weighted by atomic mass is 16.6. The van der Waals surface area contributed by atoms with Crippen molar-refractivity contribution in [2.45, 2.75) is 50.1 Å². The Balaban J connectivity index is 1.92. The van der Waals surface area contributed by atoms with Gasteiger partial charge in [0, 0.05) is 5.57 Å².